The molecule has 0 radical (unpaired) electrons. The van der Waals surface area contributed by atoms with Crippen LogP contribution in [0.3, 0.4) is 0 Å². The van der Waals surface area contributed by atoms with Gasteiger partial charge >= 0.3 is 0 Å². The van der Waals surface area contributed by atoms with Gasteiger partial charge in [-0.15, -0.1) is 11.3 Å². The number of rotatable bonds is 3. The first-order valence-corrected chi connectivity index (χ1v) is 10.1. The summed E-state index contributed by atoms with van der Waals surface area (Å²) in [5.74, 6) is 0.840. The molecular weight excluding hydrogens is 352 g/mol. The van der Waals surface area contributed by atoms with Crippen molar-refractivity contribution in [2.45, 2.75) is 18.4 Å². The second-order valence-electron chi connectivity index (χ2n) is 7.11. The van der Waals surface area contributed by atoms with E-state index in [2.05, 4.69) is 52.4 Å². The molecule has 0 bridgehead atoms. The molecule has 4 heteroatoms. The van der Waals surface area contributed by atoms with E-state index in [0.717, 1.165) is 12.1 Å². The molecule has 3 nitrogen and oxygen atoms in total. The van der Waals surface area contributed by atoms with Crippen molar-refractivity contribution in [3.8, 4) is 0 Å². The predicted octanol–water partition coefficient (Wildman–Crippen LogP) is 5.83. The van der Waals surface area contributed by atoms with Gasteiger partial charge in [-0.3, -0.25) is 4.79 Å². The summed E-state index contributed by atoms with van der Waals surface area (Å²) < 4.78 is 0. The summed E-state index contributed by atoms with van der Waals surface area (Å²) in [6.07, 6.45) is 5.70. The van der Waals surface area contributed by atoms with Gasteiger partial charge in [0.15, 0.2) is 0 Å². The van der Waals surface area contributed by atoms with Crippen LogP contribution in [0.15, 0.2) is 78.2 Å². The molecule has 1 aliphatic heterocycles. The molecule has 134 valence electrons. The van der Waals surface area contributed by atoms with Gasteiger partial charge in [0.2, 0.25) is 0 Å². The number of carbonyl (C=O) groups excluding carboxylic acids is 1. The zero-order valence-electron chi connectivity index (χ0n) is 14.8. The lowest BCUT2D eigenvalue weighted by atomic mass is 9.79. The number of hydrogen-bond acceptors (Lipinski definition) is 3. The summed E-state index contributed by atoms with van der Waals surface area (Å²) in [6, 6.07) is 20.2. The summed E-state index contributed by atoms with van der Waals surface area (Å²) >= 11 is 1.81. The van der Waals surface area contributed by atoms with E-state index in [1.54, 1.807) is 0 Å². The molecule has 3 unspecified atom stereocenters. The van der Waals surface area contributed by atoms with Crippen LogP contribution in [0.2, 0.25) is 0 Å². The van der Waals surface area contributed by atoms with Crippen molar-refractivity contribution >= 4 is 28.6 Å². The SMILES string of the molecule is O=C(Nc1ccc2c(c1)C1C=CCC1C(c1cccs1)N2)c1ccccc1. The number of nitrogens with one attached hydrogen (secondary N) is 2. The first kappa shape index (κ1) is 16.3. The standard InChI is InChI=1S/C23H20N2OS/c26-23(15-6-2-1-3-7-15)24-16-11-12-20-19(14-16)17-8-4-9-18(17)22(25-20)21-10-5-13-27-21/h1-8,10-14,17-18,22,25H,9H2,(H,24,26). The molecule has 2 aromatic carbocycles. The van der Waals surface area contributed by atoms with Crippen molar-refractivity contribution in [1.82, 2.24) is 0 Å². The lowest BCUT2D eigenvalue weighted by Gasteiger charge is -2.37. The third-order valence-electron chi connectivity index (χ3n) is 5.51. The average molecular weight is 372 g/mol. The third-order valence-corrected chi connectivity index (χ3v) is 6.46. The Morgan fingerprint density at radius 1 is 1.07 bits per heavy atom. The number of allylic oxidation sites excluding steroid dienone is 2. The van der Waals surface area contributed by atoms with Crippen molar-refractivity contribution in [1.29, 1.82) is 0 Å². The van der Waals surface area contributed by atoms with Gasteiger partial charge in [0, 0.05) is 27.7 Å². The van der Waals surface area contributed by atoms with Gasteiger partial charge in [-0.25, -0.2) is 0 Å². The molecule has 0 saturated carbocycles. The van der Waals surface area contributed by atoms with Crippen LogP contribution in [0.5, 0.6) is 0 Å². The normalized spacial score (nSPS) is 22.6. The number of fused-ring (bicyclic) bond motifs is 3. The number of amides is 1. The van der Waals surface area contributed by atoms with Crippen LogP contribution >= 0.6 is 11.3 Å². The van der Waals surface area contributed by atoms with Gasteiger partial charge < -0.3 is 10.6 Å². The van der Waals surface area contributed by atoms with Crippen molar-refractivity contribution < 1.29 is 4.79 Å². The molecule has 1 aliphatic carbocycles. The molecule has 2 aliphatic rings. The van der Waals surface area contributed by atoms with E-state index >= 15 is 0 Å². The first-order valence-electron chi connectivity index (χ1n) is 9.26. The van der Waals surface area contributed by atoms with Crippen molar-refractivity contribution in [2.75, 3.05) is 10.6 Å². The van der Waals surface area contributed by atoms with Crippen LogP contribution in [0.1, 0.15) is 39.2 Å². The Morgan fingerprint density at radius 2 is 1.96 bits per heavy atom. The lowest BCUT2D eigenvalue weighted by molar-refractivity contribution is 0.102. The maximum Gasteiger partial charge on any atom is 0.255 e. The Balaban J connectivity index is 1.45. The zero-order chi connectivity index (χ0) is 18.2. The number of thiophene rings is 1. The van der Waals surface area contributed by atoms with Gasteiger partial charge in [0.1, 0.15) is 0 Å². The molecule has 1 aromatic heterocycles. The van der Waals surface area contributed by atoms with Crippen LogP contribution in [0.4, 0.5) is 11.4 Å². The van der Waals surface area contributed by atoms with Crippen molar-refractivity contribution in [3.63, 3.8) is 0 Å². The quantitative estimate of drug-likeness (QED) is 0.568. The van der Waals surface area contributed by atoms with Crippen LogP contribution in [0.25, 0.3) is 0 Å². The molecule has 2 N–H and O–H groups in total. The highest BCUT2D eigenvalue weighted by Gasteiger charge is 2.38. The Bertz CT molecular complexity index is 994. The molecular formula is C23H20N2OS. The summed E-state index contributed by atoms with van der Waals surface area (Å²) in [4.78, 5) is 13.9. The number of carbonyl (C=O) groups is 1. The Kier molecular flexibility index (Phi) is 4.06. The highest BCUT2D eigenvalue weighted by molar-refractivity contribution is 7.10. The van der Waals surface area contributed by atoms with E-state index in [0.29, 0.717) is 23.4 Å². The van der Waals surface area contributed by atoms with Crippen LogP contribution < -0.4 is 10.6 Å². The maximum atomic E-state index is 12.5. The molecule has 1 amide bonds. The van der Waals surface area contributed by atoms with E-state index in [4.69, 9.17) is 0 Å². The van der Waals surface area contributed by atoms with Crippen molar-refractivity contribution in [3.05, 3.63) is 94.2 Å². The molecule has 3 aromatic rings. The molecule has 0 spiro atoms. The van der Waals surface area contributed by atoms with E-state index in [1.165, 1.54) is 16.1 Å². The molecule has 27 heavy (non-hydrogen) atoms. The number of hydrogen-bond donors (Lipinski definition) is 2. The number of anilines is 2. The smallest absolute Gasteiger partial charge is 0.255 e. The van der Waals surface area contributed by atoms with Crippen molar-refractivity contribution in [2.24, 2.45) is 5.92 Å². The van der Waals surface area contributed by atoms with Gasteiger partial charge in [-0.05, 0) is 59.7 Å². The number of benzene rings is 2. The Morgan fingerprint density at radius 3 is 2.78 bits per heavy atom. The van der Waals surface area contributed by atoms with E-state index in [9.17, 15) is 4.79 Å². The topological polar surface area (TPSA) is 41.1 Å². The molecule has 0 fully saturated rings. The van der Waals surface area contributed by atoms with Gasteiger partial charge in [0.05, 0.1) is 6.04 Å². The fraction of sp³-hybridized carbons (Fsp3) is 0.174. The zero-order valence-corrected chi connectivity index (χ0v) is 15.6. The first-order chi connectivity index (χ1) is 13.3. The minimum Gasteiger partial charge on any atom is -0.377 e. The fourth-order valence-electron chi connectivity index (χ4n) is 4.21. The minimum atomic E-state index is -0.0747. The molecule has 2 heterocycles. The Labute approximate surface area is 162 Å². The van der Waals surface area contributed by atoms with Gasteiger partial charge in [0.25, 0.3) is 5.91 Å². The molecule has 3 atom stereocenters. The van der Waals surface area contributed by atoms with Crippen LogP contribution in [-0.4, -0.2) is 5.91 Å². The summed E-state index contributed by atoms with van der Waals surface area (Å²) in [5, 5.41) is 8.92. The second kappa shape index (κ2) is 6.71. The summed E-state index contributed by atoms with van der Waals surface area (Å²) in [7, 11) is 0. The van der Waals surface area contributed by atoms with E-state index < -0.39 is 0 Å². The average Bonchev–Trinajstić information content (AvgIpc) is 3.40. The molecule has 5 rings (SSSR count). The molecule has 0 saturated heterocycles. The third kappa shape index (κ3) is 2.96. The second-order valence-corrected chi connectivity index (χ2v) is 8.09. The van der Waals surface area contributed by atoms with E-state index in [-0.39, 0.29) is 5.91 Å². The maximum absolute atomic E-state index is 12.5. The fourth-order valence-corrected chi connectivity index (χ4v) is 5.07. The minimum absolute atomic E-state index is 0.0747. The highest BCUT2D eigenvalue weighted by atomic mass is 32.1. The lowest BCUT2D eigenvalue weighted by Crippen LogP contribution is -2.28. The van der Waals surface area contributed by atoms with E-state index in [1.807, 2.05) is 47.7 Å². The largest absolute Gasteiger partial charge is 0.377 e. The Hall–Kier alpha value is -2.85. The van der Waals surface area contributed by atoms with Gasteiger partial charge in [-0.2, -0.15) is 0 Å². The van der Waals surface area contributed by atoms with Crippen LogP contribution in [-0.2, 0) is 0 Å². The van der Waals surface area contributed by atoms with Crippen LogP contribution in [0, 0.1) is 5.92 Å². The predicted molar refractivity (Wildman–Crippen MR) is 112 cm³/mol. The monoisotopic (exact) mass is 372 g/mol. The summed E-state index contributed by atoms with van der Waals surface area (Å²) in [6.45, 7) is 0. The highest BCUT2D eigenvalue weighted by Crippen LogP contribution is 2.50. The summed E-state index contributed by atoms with van der Waals surface area (Å²) in [5.41, 5.74) is 3.95. The van der Waals surface area contributed by atoms with Gasteiger partial charge in [-0.1, -0.05) is 36.4 Å².